The van der Waals surface area contributed by atoms with Gasteiger partial charge in [0, 0.05) is 28.3 Å². The van der Waals surface area contributed by atoms with Crippen LogP contribution >= 0.6 is 22.9 Å². The third-order valence-corrected chi connectivity index (χ3v) is 6.26. The van der Waals surface area contributed by atoms with Crippen LogP contribution in [0.15, 0.2) is 59.3 Å². The van der Waals surface area contributed by atoms with Gasteiger partial charge in [-0.15, -0.1) is 11.3 Å². The Labute approximate surface area is 199 Å². The molecule has 5 rings (SSSR count). The second-order valence-corrected chi connectivity index (χ2v) is 8.95. The molecular formula is C23H21ClN6O2S. The summed E-state index contributed by atoms with van der Waals surface area (Å²) >= 11 is 7.99. The standard InChI is InChI=1S/C23H21ClN6O2S/c1-13-14(2)32-23(28-13)30-15-3-5-19-17(9-15)22(27-12-26-19)29-16-4-6-20(18(24)10-16)31-11-21-25-7-8-33-21/h3-10,12-14H,11H2,1-2H3,(H,28,30)(H,26,27,29)/t13-,14-/m0/s1. The molecule has 0 bridgehead atoms. The van der Waals surface area contributed by atoms with Gasteiger partial charge in [0.05, 0.1) is 16.6 Å². The lowest BCUT2D eigenvalue weighted by Gasteiger charge is -2.13. The van der Waals surface area contributed by atoms with Crippen molar-refractivity contribution in [2.24, 2.45) is 4.99 Å². The smallest absolute Gasteiger partial charge is 0.289 e. The molecule has 168 valence electrons. The molecule has 0 fully saturated rings. The van der Waals surface area contributed by atoms with Crippen molar-refractivity contribution in [2.75, 3.05) is 10.6 Å². The van der Waals surface area contributed by atoms with E-state index in [0.29, 0.717) is 29.2 Å². The van der Waals surface area contributed by atoms with E-state index in [0.717, 1.165) is 27.3 Å². The van der Waals surface area contributed by atoms with Gasteiger partial charge >= 0.3 is 0 Å². The molecule has 1 aliphatic rings. The third kappa shape index (κ3) is 4.84. The number of rotatable bonds is 6. The molecule has 0 saturated heterocycles. The SMILES string of the molecule is C[C@@H]1N=C(Nc2ccc3ncnc(Nc4ccc(OCc5nccs5)c(Cl)c4)c3c2)O[C@H]1C. The lowest BCUT2D eigenvalue weighted by Crippen LogP contribution is -2.17. The van der Waals surface area contributed by atoms with E-state index >= 15 is 0 Å². The van der Waals surface area contributed by atoms with Gasteiger partial charge in [0.15, 0.2) is 0 Å². The zero-order valence-corrected chi connectivity index (χ0v) is 19.5. The van der Waals surface area contributed by atoms with E-state index in [9.17, 15) is 0 Å². The fourth-order valence-corrected chi connectivity index (χ4v) is 4.07. The van der Waals surface area contributed by atoms with Crippen LogP contribution in [0.3, 0.4) is 0 Å². The van der Waals surface area contributed by atoms with Crippen LogP contribution in [0.5, 0.6) is 5.75 Å². The minimum absolute atomic E-state index is 0.0480. The van der Waals surface area contributed by atoms with Crippen LogP contribution in [0.4, 0.5) is 17.2 Å². The van der Waals surface area contributed by atoms with Crippen molar-refractivity contribution in [1.29, 1.82) is 0 Å². The van der Waals surface area contributed by atoms with Gasteiger partial charge in [0.25, 0.3) is 6.02 Å². The van der Waals surface area contributed by atoms with Crippen LogP contribution in [0.25, 0.3) is 10.9 Å². The van der Waals surface area contributed by atoms with E-state index in [2.05, 4.69) is 30.6 Å². The molecule has 33 heavy (non-hydrogen) atoms. The van der Waals surface area contributed by atoms with Crippen LogP contribution in [-0.2, 0) is 11.3 Å². The van der Waals surface area contributed by atoms with Crippen molar-refractivity contribution in [3.8, 4) is 5.75 Å². The summed E-state index contributed by atoms with van der Waals surface area (Å²) in [4.78, 5) is 17.5. The van der Waals surface area contributed by atoms with Crippen LogP contribution in [0, 0.1) is 0 Å². The summed E-state index contributed by atoms with van der Waals surface area (Å²) in [5, 5.41) is 10.7. The quantitative estimate of drug-likeness (QED) is 0.369. The minimum Gasteiger partial charge on any atom is -0.485 e. The van der Waals surface area contributed by atoms with Gasteiger partial charge in [-0.05, 0) is 50.2 Å². The average Bonchev–Trinajstić information content (AvgIpc) is 3.43. The highest BCUT2D eigenvalue weighted by molar-refractivity contribution is 7.09. The maximum atomic E-state index is 6.45. The number of hydrogen-bond donors (Lipinski definition) is 2. The number of fused-ring (bicyclic) bond motifs is 1. The average molecular weight is 481 g/mol. The highest BCUT2D eigenvalue weighted by Crippen LogP contribution is 2.32. The molecule has 2 aromatic carbocycles. The molecule has 0 aliphatic carbocycles. The first-order chi connectivity index (χ1) is 16.0. The molecule has 3 heterocycles. The first-order valence-corrected chi connectivity index (χ1v) is 11.6. The number of aromatic nitrogens is 3. The molecule has 0 unspecified atom stereocenters. The molecule has 0 saturated carbocycles. The number of halogens is 1. The summed E-state index contributed by atoms with van der Waals surface area (Å²) in [6, 6.07) is 12.0. The van der Waals surface area contributed by atoms with E-state index in [1.807, 2.05) is 49.6 Å². The van der Waals surface area contributed by atoms with Crippen LogP contribution in [-0.4, -0.2) is 33.1 Å². The van der Waals surface area contributed by atoms with Crippen LogP contribution in [0.1, 0.15) is 18.9 Å². The topological polar surface area (TPSA) is 93.6 Å². The number of thiazole rings is 1. The number of amidine groups is 1. The van der Waals surface area contributed by atoms with Gasteiger partial charge in [-0.1, -0.05) is 11.6 Å². The Morgan fingerprint density at radius 1 is 1.06 bits per heavy atom. The Morgan fingerprint density at radius 3 is 2.67 bits per heavy atom. The summed E-state index contributed by atoms with van der Waals surface area (Å²) in [7, 11) is 0. The summed E-state index contributed by atoms with van der Waals surface area (Å²) in [6.45, 7) is 4.40. The van der Waals surface area contributed by atoms with E-state index < -0.39 is 0 Å². The molecule has 2 aromatic heterocycles. The number of benzene rings is 2. The normalized spacial score (nSPS) is 17.5. The number of anilines is 3. The van der Waals surface area contributed by atoms with Gasteiger partial charge < -0.3 is 20.1 Å². The van der Waals surface area contributed by atoms with Crippen molar-refractivity contribution in [3.63, 3.8) is 0 Å². The second kappa shape index (κ2) is 9.21. The minimum atomic E-state index is 0.0480. The van der Waals surface area contributed by atoms with E-state index in [4.69, 9.17) is 21.1 Å². The van der Waals surface area contributed by atoms with Crippen LogP contribution < -0.4 is 15.4 Å². The lowest BCUT2D eigenvalue weighted by atomic mass is 10.2. The molecule has 2 N–H and O–H groups in total. The van der Waals surface area contributed by atoms with Crippen molar-refractivity contribution in [3.05, 3.63) is 64.3 Å². The molecule has 4 aromatic rings. The first-order valence-electron chi connectivity index (χ1n) is 10.4. The second-order valence-electron chi connectivity index (χ2n) is 7.56. The van der Waals surface area contributed by atoms with Crippen molar-refractivity contribution < 1.29 is 9.47 Å². The van der Waals surface area contributed by atoms with Gasteiger partial charge in [0.1, 0.15) is 35.6 Å². The van der Waals surface area contributed by atoms with Crippen molar-refractivity contribution in [2.45, 2.75) is 32.6 Å². The largest absolute Gasteiger partial charge is 0.485 e. The molecule has 10 heteroatoms. The monoisotopic (exact) mass is 480 g/mol. The summed E-state index contributed by atoms with van der Waals surface area (Å²) in [5.74, 6) is 1.25. The van der Waals surface area contributed by atoms with Gasteiger partial charge in [-0.3, -0.25) is 0 Å². The zero-order chi connectivity index (χ0) is 22.8. The summed E-state index contributed by atoms with van der Waals surface area (Å²) in [5.41, 5.74) is 2.43. The van der Waals surface area contributed by atoms with E-state index in [1.165, 1.54) is 17.7 Å². The van der Waals surface area contributed by atoms with Gasteiger partial charge in [0.2, 0.25) is 0 Å². The van der Waals surface area contributed by atoms with Crippen molar-refractivity contribution >= 4 is 57.1 Å². The maximum Gasteiger partial charge on any atom is 0.289 e. The van der Waals surface area contributed by atoms with Crippen LogP contribution in [0.2, 0.25) is 5.02 Å². The Kier molecular flexibility index (Phi) is 5.97. The Bertz CT molecular complexity index is 1310. The van der Waals surface area contributed by atoms with E-state index in [1.54, 1.807) is 12.3 Å². The number of nitrogens with one attached hydrogen (secondary N) is 2. The third-order valence-electron chi connectivity index (χ3n) is 5.21. The van der Waals surface area contributed by atoms with Gasteiger partial charge in [-0.25, -0.2) is 19.9 Å². The Hall–Kier alpha value is -3.43. The molecular weight excluding hydrogens is 460 g/mol. The number of ether oxygens (including phenoxy) is 2. The molecule has 1 aliphatic heterocycles. The molecule has 2 atom stereocenters. The summed E-state index contributed by atoms with van der Waals surface area (Å²) in [6.07, 6.45) is 3.32. The fourth-order valence-electron chi connectivity index (χ4n) is 3.31. The predicted molar refractivity (Wildman–Crippen MR) is 132 cm³/mol. The van der Waals surface area contributed by atoms with E-state index in [-0.39, 0.29) is 12.1 Å². The molecule has 8 nitrogen and oxygen atoms in total. The molecule has 0 radical (unpaired) electrons. The Morgan fingerprint density at radius 2 is 1.91 bits per heavy atom. The predicted octanol–water partition coefficient (Wildman–Crippen LogP) is 5.64. The van der Waals surface area contributed by atoms with Crippen molar-refractivity contribution in [1.82, 2.24) is 15.0 Å². The summed E-state index contributed by atoms with van der Waals surface area (Å²) < 4.78 is 11.5. The number of aliphatic imine (C=N–C) groups is 1. The maximum absolute atomic E-state index is 6.45. The molecule has 0 spiro atoms. The molecule has 0 amide bonds. The highest BCUT2D eigenvalue weighted by Gasteiger charge is 2.23. The number of nitrogens with zero attached hydrogens (tertiary/aromatic N) is 4. The number of hydrogen-bond acceptors (Lipinski definition) is 9. The van der Waals surface area contributed by atoms with Gasteiger partial charge in [-0.2, -0.15) is 0 Å². The zero-order valence-electron chi connectivity index (χ0n) is 17.9. The lowest BCUT2D eigenvalue weighted by molar-refractivity contribution is 0.218. The first kappa shape index (κ1) is 21.4. The Balaban J connectivity index is 1.35. The highest BCUT2D eigenvalue weighted by atomic mass is 35.5. The fraction of sp³-hybridized carbons (Fsp3) is 0.217.